The van der Waals surface area contributed by atoms with Crippen LogP contribution in [0.1, 0.15) is 48.8 Å². The number of para-hydroxylation sites is 1. The lowest BCUT2D eigenvalue weighted by molar-refractivity contribution is 0.669. The van der Waals surface area contributed by atoms with Gasteiger partial charge in [-0.3, -0.25) is 0 Å². The van der Waals surface area contributed by atoms with E-state index in [0.717, 1.165) is 86.2 Å². The predicted octanol–water partition coefficient (Wildman–Crippen LogP) is 14.4. The van der Waals surface area contributed by atoms with Crippen molar-refractivity contribution in [2.45, 2.75) is 32.1 Å². The summed E-state index contributed by atoms with van der Waals surface area (Å²) in [6.07, 6.45) is 23.3. The molecule has 13 rings (SSSR count). The van der Waals surface area contributed by atoms with Crippen molar-refractivity contribution in [2.75, 3.05) is 0 Å². The van der Waals surface area contributed by atoms with E-state index in [2.05, 4.69) is 224 Å². The van der Waals surface area contributed by atoms with Crippen LogP contribution in [-0.4, -0.2) is 16.1 Å². The molecule has 0 saturated carbocycles. The zero-order valence-electron chi connectivity index (χ0n) is 37.3. The van der Waals surface area contributed by atoms with Gasteiger partial charge in [0.05, 0.1) is 28.0 Å². The molecule has 7 aromatic carbocycles. The summed E-state index contributed by atoms with van der Waals surface area (Å²) in [5, 5.41) is 8.24. The molecule has 4 nitrogen and oxygen atoms in total. The number of nitrogens with zero attached hydrogens (tertiary/aromatic N) is 3. The average Bonchev–Trinajstić information content (AvgIpc) is 3.91. The molecule has 3 atom stereocenters. The quantitative estimate of drug-likeness (QED) is 0.164. The number of aromatic nitrogens is 1. The number of rotatable bonds is 6. The second-order valence-corrected chi connectivity index (χ2v) is 18.5. The van der Waals surface area contributed by atoms with E-state index in [0.29, 0.717) is 5.92 Å². The van der Waals surface area contributed by atoms with Crippen LogP contribution in [0.5, 0.6) is 0 Å². The Morgan fingerprint density at radius 1 is 0.627 bits per heavy atom. The summed E-state index contributed by atoms with van der Waals surface area (Å²) in [5.41, 5.74) is 14.2. The van der Waals surface area contributed by atoms with E-state index >= 15 is 0 Å². The van der Waals surface area contributed by atoms with Crippen molar-refractivity contribution in [3.63, 3.8) is 0 Å². The van der Waals surface area contributed by atoms with Crippen molar-refractivity contribution in [3.05, 3.63) is 239 Å². The third-order valence-corrected chi connectivity index (χ3v) is 14.3. The highest BCUT2D eigenvalue weighted by Gasteiger charge is 2.27. The summed E-state index contributed by atoms with van der Waals surface area (Å²) in [6, 6.07) is 56.8. The third-order valence-electron chi connectivity index (χ3n) is 14.3. The molecule has 3 heterocycles. The van der Waals surface area contributed by atoms with E-state index in [1.807, 2.05) is 0 Å². The van der Waals surface area contributed by atoms with E-state index in [1.54, 1.807) is 0 Å². The Bertz CT molecular complexity index is 3830. The number of benzene rings is 7. The minimum atomic E-state index is 0.0350. The van der Waals surface area contributed by atoms with Gasteiger partial charge in [0, 0.05) is 50.8 Å². The van der Waals surface area contributed by atoms with Crippen molar-refractivity contribution >= 4 is 73.0 Å². The zero-order chi connectivity index (χ0) is 44.4. The molecule has 0 saturated heterocycles. The van der Waals surface area contributed by atoms with Gasteiger partial charge in [-0.05, 0) is 93.8 Å². The summed E-state index contributed by atoms with van der Waals surface area (Å²) in [6.45, 7) is 2.32. The largest absolute Gasteiger partial charge is 0.456 e. The van der Waals surface area contributed by atoms with Gasteiger partial charge in [-0.2, -0.15) is 0 Å². The fraction of sp³-hybridized carbons (Fsp3) is 0.111. The molecule has 67 heavy (non-hydrogen) atoms. The highest BCUT2D eigenvalue weighted by Crippen LogP contribution is 2.40. The molecule has 0 fully saturated rings. The summed E-state index contributed by atoms with van der Waals surface area (Å²) in [5.74, 6) is 1.36. The first-order valence-electron chi connectivity index (χ1n) is 23.7. The van der Waals surface area contributed by atoms with E-state index in [-0.39, 0.29) is 11.8 Å². The molecule has 3 aliphatic carbocycles. The minimum Gasteiger partial charge on any atom is -0.456 e. The molecule has 0 N–H and O–H groups in total. The number of aliphatic imine (C=N–C) groups is 2. The molecule has 0 amide bonds. The monoisotopic (exact) mass is 861 g/mol. The molecule has 9 aromatic rings. The molecule has 0 spiro atoms. The van der Waals surface area contributed by atoms with Gasteiger partial charge >= 0.3 is 0 Å². The Morgan fingerprint density at radius 2 is 1.37 bits per heavy atom. The Balaban J connectivity index is 1.05. The van der Waals surface area contributed by atoms with E-state index < -0.39 is 0 Å². The van der Waals surface area contributed by atoms with Crippen LogP contribution < -0.4 is 10.6 Å². The molecule has 0 radical (unpaired) electrons. The second-order valence-electron chi connectivity index (χ2n) is 18.5. The Morgan fingerprint density at radius 3 is 2.22 bits per heavy atom. The predicted molar refractivity (Wildman–Crippen MR) is 280 cm³/mol. The number of furan rings is 1. The van der Waals surface area contributed by atoms with Crippen LogP contribution >= 0.6 is 0 Å². The molecule has 4 heteroatoms. The van der Waals surface area contributed by atoms with Crippen LogP contribution in [-0.2, 0) is 0 Å². The molecule has 4 aliphatic rings. The first-order chi connectivity index (χ1) is 33.1. The highest BCUT2D eigenvalue weighted by atomic mass is 16.3. The number of hydrogen-bond acceptors (Lipinski definition) is 3. The van der Waals surface area contributed by atoms with Crippen LogP contribution in [0.4, 0.5) is 0 Å². The lowest BCUT2D eigenvalue weighted by Crippen LogP contribution is -2.33. The lowest BCUT2D eigenvalue weighted by Gasteiger charge is -2.23. The zero-order valence-corrected chi connectivity index (χ0v) is 37.3. The molecule has 0 bridgehead atoms. The van der Waals surface area contributed by atoms with Gasteiger partial charge in [0.2, 0.25) is 0 Å². The molecule has 3 unspecified atom stereocenters. The van der Waals surface area contributed by atoms with Crippen molar-refractivity contribution in [1.82, 2.24) is 4.57 Å². The van der Waals surface area contributed by atoms with Crippen LogP contribution in [0, 0.1) is 11.8 Å². The average molecular weight is 862 g/mol. The first kappa shape index (κ1) is 39.3. The molecular weight excluding hydrogens is 815 g/mol. The standard InChI is InChI=1S/C63H47N3O/c1-40-27-32-56(44-30-28-43(29-31-44)41-15-4-2-5-16-41)64-63(50-24-14-23-45(33-50)42-17-6-3-7-18-42)65-62(40)55-38-51(39-60-61(55)54-35-47-20-9-11-22-49(47)37-59(54)67-60)66-57-26-13-12-25-52(57)53-34-46-19-8-10-21-48(46)36-58(53)66/h2-18,20-26,28-32,34-40,45-46H,19,27,33H2,1H3/b56-32+,64-63?,65-62?. The van der Waals surface area contributed by atoms with Gasteiger partial charge in [-0.1, -0.05) is 183 Å². The summed E-state index contributed by atoms with van der Waals surface area (Å²) < 4.78 is 9.46. The van der Waals surface area contributed by atoms with E-state index in [4.69, 9.17) is 14.4 Å². The summed E-state index contributed by atoms with van der Waals surface area (Å²) in [4.78, 5) is 11.4. The maximum Gasteiger partial charge on any atom is 0.156 e. The highest BCUT2D eigenvalue weighted by molar-refractivity contribution is 6.24. The Kier molecular flexibility index (Phi) is 9.45. The van der Waals surface area contributed by atoms with Crippen LogP contribution in [0.15, 0.2) is 226 Å². The molecule has 1 aliphatic heterocycles. The summed E-state index contributed by atoms with van der Waals surface area (Å²) in [7, 11) is 0. The van der Waals surface area contributed by atoms with Gasteiger partial charge in [0.25, 0.3) is 0 Å². The smallest absolute Gasteiger partial charge is 0.156 e. The van der Waals surface area contributed by atoms with Gasteiger partial charge in [-0.25, -0.2) is 9.98 Å². The Hall–Kier alpha value is -8.08. The van der Waals surface area contributed by atoms with E-state index in [9.17, 15) is 0 Å². The van der Waals surface area contributed by atoms with Crippen LogP contribution in [0.2, 0.25) is 0 Å². The number of allylic oxidation sites excluding steroid dienone is 8. The number of hydrogen-bond donors (Lipinski definition) is 0. The van der Waals surface area contributed by atoms with E-state index in [1.165, 1.54) is 49.1 Å². The van der Waals surface area contributed by atoms with Gasteiger partial charge in [0.15, 0.2) is 5.84 Å². The van der Waals surface area contributed by atoms with Gasteiger partial charge < -0.3 is 8.98 Å². The number of fused-ring (bicyclic) bond motifs is 8. The molecular formula is C63H47N3O. The van der Waals surface area contributed by atoms with Crippen molar-refractivity contribution in [1.29, 1.82) is 0 Å². The van der Waals surface area contributed by atoms with Crippen LogP contribution in [0.3, 0.4) is 0 Å². The first-order valence-corrected chi connectivity index (χ1v) is 23.7. The van der Waals surface area contributed by atoms with Crippen LogP contribution in [0.25, 0.3) is 78.3 Å². The third kappa shape index (κ3) is 6.91. The van der Waals surface area contributed by atoms with Gasteiger partial charge in [0.1, 0.15) is 11.2 Å². The lowest BCUT2D eigenvalue weighted by atomic mass is 9.87. The second kappa shape index (κ2) is 16.1. The van der Waals surface area contributed by atoms with Crippen molar-refractivity contribution < 1.29 is 4.42 Å². The van der Waals surface area contributed by atoms with Gasteiger partial charge in [-0.15, -0.1) is 0 Å². The van der Waals surface area contributed by atoms with Crippen molar-refractivity contribution in [2.24, 2.45) is 21.8 Å². The topological polar surface area (TPSA) is 42.8 Å². The molecule has 2 aromatic heterocycles. The summed E-state index contributed by atoms with van der Waals surface area (Å²) >= 11 is 0. The van der Waals surface area contributed by atoms with Crippen molar-refractivity contribution in [3.8, 4) is 16.8 Å². The minimum absolute atomic E-state index is 0.0350. The fourth-order valence-corrected chi connectivity index (χ4v) is 10.8. The maximum absolute atomic E-state index is 7.02. The number of amidine groups is 1. The molecule has 320 valence electrons. The Labute approximate surface area is 389 Å². The maximum atomic E-state index is 7.02. The SMILES string of the molecule is CC1C/C=C(\c2ccc(-c3ccccc3)cc2)N=C(C2=CC=CC(c3ccccc3)C2)N=C1c1cc(-n2c3c(c4ccccc42)=CC2CC=CC=C2C=3)cc2oc3cc4ccccc4cc3c12. The normalized spacial score (nSPS) is 19.8. The fourth-order valence-electron chi connectivity index (χ4n) is 10.8.